The molecule has 1 fully saturated rings. The van der Waals surface area contributed by atoms with Gasteiger partial charge in [-0.25, -0.2) is 4.79 Å². The Bertz CT molecular complexity index is 425. The normalized spacial score (nSPS) is 20.7. The lowest BCUT2D eigenvalue weighted by Gasteiger charge is -2.39. The van der Waals surface area contributed by atoms with Crippen LogP contribution >= 0.6 is 0 Å². The fourth-order valence-electron chi connectivity index (χ4n) is 4.44. The van der Waals surface area contributed by atoms with Crippen molar-refractivity contribution in [1.29, 1.82) is 0 Å². The van der Waals surface area contributed by atoms with Crippen molar-refractivity contribution in [2.75, 3.05) is 19.8 Å². The molecule has 0 aromatic rings. The zero-order valence-corrected chi connectivity index (χ0v) is 17.9. The second-order valence-corrected chi connectivity index (χ2v) is 8.50. The van der Waals surface area contributed by atoms with Gasteiger partial charge in [-0.05, 0) is 25.2 Å². The van der Waals surface area contributed by atoms with E-state index in [2.05, 4.69) is 6.92 Å². The number of carbonyl (C=O) groups is 1. The van der Waals surface area contributed by atoms with Crippen molar-refractivity contribution >= 4 is 5.97 Å². The number of rotatable bonds is 16. The van der Waals surface area contributed by atoms with E-state index in [1.54, 1.807) is 0 Å². The Morgan fingerprint density at radius 3 is 2.00 bits per heavy atom. The van der Waals surface area contributed by atoms with E-state index in [0.29, 0.717) is 32.5 Å². The molecule has 0 aromatic heterocycles. The van der Waals surface area contributed by atoms with Crippen molar-refractivity contribution in [2.45, 2.75) is 95.9 Å². The van der Waals surface area contributed by atoms with Crippen molar-refractivity contribution in [2.24, 2.45) is 17.8 Å². The monoisotopic (exact) mass is 418 g/mol. The molecule has 0 amide bonds. The fourth-order valence-corrected chi connectivity index (χ4v) is 4.44. The van der Waals surface area contributed by atoms with Crippen LogP contribution in [0, 0.1) is 17.8 Å². The molecule has 0 spiro atoms. The number of hydrogen-bond acceptors (Lipinski definition) is 6. The Hall–Kier alpha value is -0.730. The van der Waals surface area contributed by atoms with Gasteiger partial charge in [0.15, 0.2) is 6.10 Å². The fraction of sp³-hybridized carbons (Fsp3) is 0.955. The average Bonchev–Trinajstić information content (AvgIpc) is 2.72. The Morgan fingerprint density at radius 1 is 0.931 bits per heavy atom. The summed E-state index contributed by atoms with van der Waals surface area (Å²) in [5.74, 6) is -2.92. The molecule has 1 heterocycles. The molecule has 5 N–H and O–H groups in total. The number of aliphatic hydroxyl groups excluding tert-OH is 4. The van der Waals surface area contributed by atoms with E-state index in [4.69, 9.17) is 9.84 Å². The second kappa shape index (κ2) is 15.1. The standard InChI is InChI=1S/C22H42O7/c1-2-3-4-5-6-7-8-9-10-17(15-23)19(24)18(16-11-13-29-14-12-16)20(25)21(26)22(27)28/h16-21,23-26H,2-15H2,1H3,(H,27,28)/t17-,18+,19-,20-,21?/m1/s1. The van der Waals surface area contributed by atoms with Crippen molar-refractivity contribution in [1.82, 2.24) is 0 Å². The lowest BCUT2D eigenvalue weighted by Crippen LogP contribution is -2.50. The van der Waals surface area contributed by atoms with E-state index in [9.17, 15) is 25.2 Å². The predicted molar refractivity (Wildman–Crippen MR) is 110 cm³/mol. The highest BCUT2D eigenvalue weighted by molar-refractivity contribution is 5.72. The lowest BCUT2D eigenvalue weighted by molar-refractivity contribution is -0.163. The zero-order valence-electron chi connectivity index (χ0n) is 17.9. The van der Waals surface area contributed by atoms with Crippen molar-refractivity contribution < 1.29 is 35.1 Å². The SMILES string of the molecule is CCCCCCCCCC[C@H](CO)[C@@H](O)[C@H](C1CCOCC1)[C@@H](O)C(O)C(=O)O. The summed E-state index contributed by atoms with van der Waals surface area (Å²) in [6.45, 7) is 2.92. The maximum absolute atomic E-state index is 11.2. The zero-order chi connectivity index (χ0) is 21.6. The summed E-state index contributed by atoms with van der Waals surface area (Å²) in [5.41, 5.74) is 0. The molecular weight excluding hydrogens is 376 g/mol. The Balaban J connectivity index is 2.61. The van der Waals surface area contributed by atoms with E-state index in [1.807, 2.05) is 0 Å². The number of aliphatic carboxylic acids is 1. The van der Waals surface area contributed by atoms with Gasteiger partial charge in [-0.15, -0.1) is 0 Å². The molecule has 172 valence electrons. The van der Waals surface area contributed by atoms with Gasteiger partial charge in [0.1, 0.15) is 0 Å². The van der Waals surface area contributed by atoms with Gasteiger partial charge in [0.05, 0.1) is 12.2 Å². The van der Waals surface area contributed by atoms with Crippen LogP contribution in [-0.2, 0) is 9.53 Å². The van der Waals surface area contributed by atoms with Crippen LogP contribution in [0.3, 0.4) is 0 Å². The molecule has 7 heteroatoms. The minimum absolute atomic E-state index is 0.157. The summed E-state index contributed by atoms with van der Waals surface area (Å²) in [7, 11) is 0. The number of hydrogen-bond donors (Lipinski definition) is 5. The molecule has 0 aliphatic carbocycles. The molecule has 0 saturated carbocycles. The van der Waals surface area contributed by atoms with Crippen LogP contribution in [0.2, 0.25) is 0 Å². The maximum atomic E-state index is 11.2. The van der Waals surface area contributed by atoms with Gasteiger partial charge in [-0.3, -0.25) is 0 Å². The van der Waals surface area contributed by atoms with E-state index in [0.717, 1.165) is 19.3 Å². The smallest absolute Gasteiger partial charge is 0.335 e. The van der Waals surface area contributed by atoms with Crippen LogP contribution in [0.4, 0.5) is 0 Å². The third-order valence-electron chi connectivity index (χ3n) is 6.32. The molecule has 1 saturated heterocycles. The van der Waals surface area contributed by atoms with Gasteiger partial charge in [0, 0.05) is 31.7 Å². The Morgan fingerprint density at radius 2 is 1.48 bits per heavy atom. The molecule has 0 bridgehead atoms. The lowest BCUT2D eigenvalue weighted by atomic mass is 9.73. The van der Waals surface area contributed by atoms with Gasteiger partial charge in [-0.2, -0.15) is 0 Å². The number of aliphatic hydroxyl groups is 4. The number of carboxylic acid groups (broad SMARTS) is 1. The predicted octanol–water partition coefficient (Wildman–Crippen LogP) is 2.34. The summed E-state index contributed by atoms with van der Waals surface area (Å²) in [5, 5.41) is 50.3. The number of unbranched alkanes of at least 4 members (excludes halogenated alkanes) is 7. The Kier molecular flexibility index (Phi) is 13.7. The highest BCUT2D eigenvalue weighted by atomic mass is 16.5. The maximum Gasteiger partial charge on any atom is 0.335 e. The van der Waals surface area contributed by atoms with Gasteiger partial charge < -0.3 is 30.3 Å². The number of carboxylic acids is 1. The number of ether oxygens (including phenoxy) is 1. The van der Waals surface area contributed by atoms with Crippen LogP contribution in [0.1, 0.15) is 77.6 Å². The van der Waals surface area contributed by atoms with Crippen molar-refractivity contribution in [3.05, 3.63) is 0 Å². The molecule has 1 aliphatic heterocycles. The quantitative estimate of drug-likeness (QED) is 0.243. The van der Waals surface area contributed by atoms with E-state index in [1.165, 1.54) is 32.1 Å². The largest absolute Gasteiger partial charge is 0.479 e. The van der Waals surface area contributed by atoms with Crippen LogP contribution in [0.25, 0.3) is 0 Å². The van der Waals surface area contributed by atoms with Crippen LogP contribution in [-0.4, -0.2) is 69.6 Å². The van der Waals surface area contributed by atoms with Crippen LogP contribution in [0.15, 0.2) is 0 Å². The van der Waals surface area contributed by atoms with Gasteiger partial charge in [0.25, 0.3) is 0 Å². The molecule has 0 aromatic carbocycles. The summed E-state index contributed by atoms with van der Waals surface area (Å²) < 4.78 is 5.34. The summed E-state index contributed by atoms with van der Waals surface area (Å²) in [6.07, 6.45) is 6.40. The molecule has 1 aliphatic rings. The van der Waals surface area contributed by atoms with Gasteiger partial charge >= 0.3 is 5.97 Å². The molecule has 5 atom stereocenters. The molecule has 1 rings (SSSR count). The molecule has 7 nitrogen and oxygen atoms in total. The third kappa shape index (κ3) is 9.30. The minimum Gasteiger partial charge on any atom is -0.479 e. The van der Waals surface area contributed by atoms with Gasteiger partial charge in [-0.1, -0.05) is 58.3 Å². The summed E-state index contributed by atoms with van der Waals surface area (Å²) in [4.78, 5) is 11.2. The van der Waals surface area contributed by atoms with Crippen molar-refractivity contribution in [3.63, 3.8) is 0 Å². The van der Waals surface area contributed by atoms with E-state index >= 15 is 0 Å². The van der Waals surface area contributed by atoms with Crippen molar-refractivity contribution in [3.8, 4) is 0 Å². The first-order chi connectivity index (χ1) is 13.9. The highest BCUT2D eigenvalue weighted by Gasteiger charge is 2.43. The third-order valence-corrected chi connectivity index (χ3v) is 6.32. The first kappa shape index (κ1) is 26.3. The summed E-state index contributed by atoms with van der Waals surface area (Å²) >= 11 is 0. The average molecular weight is 419 g/mol. The first-order valence-corrected chi connectivity index (χ1v) is 11.4. The van der Waals surface area contributed by atoms with Crippen LogP contribution < -0.4 is 0 Å². The molecule has 0 radical (unpaired) electrons. The molecule has 29 heavy (non-hydrogen) atoms. The second-order valence-electron chi connectivity index (χ2n) is 8.50. The molecular formula is C22H42O7. The summed E-state index contributed by atoms with van der Waals surface area (Å²) in [6, 6.07) is 0. The first-order valence-electron chi connectivity index (χ1n) is 11.4. The topological polar surface area (TPSA) is 127 Å². The van der Waals surface area contributed by atoms with E-state index in [-0.39, 0.29) is 12.5 Å². The van der Waals surface area contributed by atoms with Gasteiger partial charge in [0.2, 0.25) is 0 Å². The van der Waals surface area contributed by atoms with E-state index < -0.39 is 36.1 Å². The van der Waals surface area contributed by atoms with Crippen LogP contribution in [0.5, 0.6) is 0 Å². The minimum atomic E-state index is -1.96. The molecule has 1 unspecified atom stereocenters. The Labute approximate surface area is 175 Å². The highest BCUT2D eigenvalue weighted by Crippen LogP contribution is 2.34.